The van der Waals surface area contributed by atoms with Crippen molar-refractivity contribution in [3.05, 3.63) is 35.1 Å². The van der Waals surface area contributed by atoms with Crippen LogP contribution in [0, 0.1) is 17.1 Å². The molecule has 0 aliphatic carbocycles. The first kappa shape index (κ1) is 14.6. The maximum absolute atomic E-state index is 13.5. The van der Waals surface area contributed by atoms with Gasteiger partial charge in [0.05, 0.1) is 11.6 Å². The minimum atomic E-state index is -3.64. The Labute approximate surface area is 106 Å². The standard InChI is InChI=1S/C11H14FN3O2S/c1-8(2)15-18(16,17)14-7-10-4-3-9(6-13)5-11(10)12/h3-5,8,14-15H,7H2,1-2H3. The van der Waals surface area contributed by atoms with Gasteiger partial charge >= 0.3 is 0 Å². The van der Waals surface area contributed by atoms with Crippen LogP contribution >= 0.6 is 0 Å². The second-order valence-corrected chi connectivity index (χ2v) is 5.55. The molecule has 7 heteroatoms. The number of rotatable bonds is 5. The molecule has 0 saturated heterocycles. The normalized spacial score (nSPS) is 11.5. The summed E-state index contributed by atoms with van der Waals surface area (Å²) in [6, 6.07) is 5.44. The number of benzene rings is 1. The molecule has 2 N–H and O–H groups in total. The van der Waals surface area contributed by atoms with E-state index in [2.05, 4.69) is 9.44 Å². The van der Waals surface area contributed by atoms with Gasteiger partial charge in [-0.15, -0.1) is 0 Å². The van der Waals surface area contributed by atoms with E-state index in [1.807, 2.05) is 0 Å². The molecule has 0 amide bonds. The summed E-state index contributed by atoms with van der Waals surface area (Å²) in [6.45, 7) is 3.20. The zero-order valence-corrected chi connectivity index (χ0v) is 10.9. The van der Waals surface area contributed by atoms with Gasteiger partial charge in [-0.3, -0.25) is 0 Å². The topological polar surface area (TPSA) is 82.0 Å². The average Bonchev–Trinajstić information content (AvgIpc) is 2.25. The first-order valence-corrected chi connectivity index (χ1v) is 6.78. The summed E-state index contributed by atoms with van der Waals surface area (Å²) < 4.78 is 40.9. The Morgan fingerprint density at radius 1 is 1.44 bits per heavy atom. The van der Waals surface area contributed by atoms with E-state index in [1.54, 1.807) is 19.9 Å². The second kappa shape index (κ2) is 5.91. The van der Waals surface area contributed by atoms with Crippen LogP contribution in [0.5, 0.6) is 0 Å². The minimum absolute atomic E-state index is 0.167. The van der Waals surface area contributed by atoms with Crippen molar-refractivity contribution in [2.75, 3.05) is 0 Å². The van der Waals surface area contributed by atoms with Crippen LogP contribution in [0.1, 0.15) is 25.0 Å². The first-order chi connectivity index (χ1) is 8.34. The van der Waals surface area contributed by atoms with E-state index in [-0.39, 0.29) is 23.7 Å². The third-order valence-corrected chi connectivity index (χ3v) is 3.33. The summed E-state index contributed by atoms with van der Waals surface area (Å²) >= 11 is 0. The van der Waals surface area contributed by atoms with Crippen molar-refractivity contribution in [3.63, 3.8) is 0 Å². The number of nitrogens with zero attached hydrogens (tertiary/aromatic N) is 1. The molecule has 5 nitrogen and oxygen atoms in total. The molecule has 0 heterocycles. The third kappa shape index (κ3) is 4.41. The fourth-order valence-electron chi connectivity index (χ4n) is 1.28. The van der Waals surface area contributed by atoms with Gasteiger partial charge in [0.2, 0.25) is 0 Å². The molecule has 1 aromatic carbocycles. The van der Waals surface area contributed by atoms with Gasteiger partial charge in [-0.2, -0.15) is 23.1 Å². The van der Waals surface area contributed by atoms with E-state index < -0.39 is 16.0 Å². The summed E-state index contributed by atoms with van der Waals surface area (Å²) in [6.07, 6.45) is 0. The Morgan fingerprint density at radius 3 is 2.61 bits per heavy atom. The second-order valence-electron chi connectivity index (χ2n) is 4.02. The number of halogens is 1. The van der Waals surface area contributed by atoms with Crippen LogP contribution < -0.4 is 9.44 Å². The SMILES string of the molecule is CC(C)NS(=O)(=O)NCc1ccc(C#N)cc1F. The van der Waals surface area contributed by atoms with Gasteiger partial charge < -0.3 is 0 Å². The Kier molecular flexibility index (Phi) is 4.78. The largest absolute Gasteiger partial charge is 0.277 e. The van der Waals surface area contributed by atoms with E-state index in [9.17, 15) is 12.8 Å². The molecule has 98 valence electrons. The molecule has 18 heavy (non-hydrogen) atoms. The lowest BCUT2D eigenvalue weighted by molar-refractivity contribution is 0.551. The predicted octanol–water partition coefficient (Wildman–Crippen LogP) is 1.03. The zero-order chi connectivity index (χ0) is 13.8. The molecular formula is C11H14FN3O2S. The summed E-state index contributed by atoms with van der Waals surface area (Å²) in [7, 11) is -3.64. The number of nitrogens with one attached hydrogen (secondary N) is 2. The van der Waals surface area contributed by atoms with E-state index in [0.29, 0.717) is 0 Å². The van der Waals surface area contributed by atoms with Crippen molar-refractivity contribution in [2.24, 2.45) is 0 Å². The predicted molar refractivity (Wildman–Crippen MR) is 65.1 cm³/mol. The quantitative estimate of drug-likeness (QED) is 0.839. The van der Waals surface area contributed by atoms with Gasteiger partial charge in [-0.25, -0.2) is 4.39 Å². The van der Waals surface area contributed by atoms with E-state index in [0.717, 1.165) is 6.07 Å². The maximum Gasteiger partial charge on any atom is 0.277 e. The number of hydrogen-bond donors (Lipinski definition) is 2. The monoisotopic (exact) mass is 271 g/mol. The highest BCUT2D eigenvalue weighted by Crippen LogP contribution is 2.09. The molecule has 0 bridgehead atoms. The van der Waals surface area contributed by atoms with Crippen molar-refractivity contribution in [3.8, 4) is 6.07 Å². The van der Waals surface area contributed by atoms with Crippen molar-refractivity contribution in [2.45, 2.75) is 26.4 Å². The molecule has 0 radical (unpaired) electrons. The highest BCUT2D eigenvalue weighted by Gasteiger charge is 2.12. The molecule has 0 aliphatic heterocycles. The van der Waals surface area contributed by atoms with Crippen LogP contribution in [-0.4, -0.2) is 14.5 Å². The summed E-state index contributed by atoms with van der Waals surface area (Å²) in [5.41, 5.74) is 0.377. The molecule has 1 aromatic rings. The molecule has 0 spiro atoms. The smallest absolute Gasteiger partial charge is 0.207 e. The van der Waals surface area contributed by atoms with Gasteiger partial charge in [-0.05, 0) is 26.0 Å². The number of nitriles is 1. The Balaban J connectivity index is 2.73. The van der Waals surface area contributed by atoms with Crippen LogP contribution in [0.15, 0.2) is 18.2 Å². The van der Waals surface area contributed by atoms with Crippen molar-refractivity contribution >= 4 is 10.2 Å². The lowest BCUT2D eigenvalue weighted by Gasteiger charge is -2.11. The molecule has 0 saturated carbocycles. The average molecular weight is 271 g/mol. The summed E-state index contributed by atoms with van der Waals surface area (Å²) in [4.78, 5) is 0. The lowest BCUT2D eigenvalue weighted by atomic mass is 10.1. The fraction of sp³-hybridized carbons (Fsp3) is 0.364. The van der Waals surface area contributed by atoms with E-state index in [1.165, 1.54) is 12.1 Å². The third-order valence-electron chi connectivity index (χ3n) is 2.03. The van der Waals surface area contributed by atoms with Crippen LogP contribution in [0.4, 0.5) is 4.39 Å². The Morgan fingerprint density at radius 2 is 2.11 bits per heavy atom. The molecule has 0 unspecified atom stereocenters. The molecule has 0 atom stereocenters. The van der Waals surface area contributed by atoms with Gasteiger partial charge in [-0.1, -0.05) is 6.07 Å². The summed E-state index contributed by atoms with van der Waals surface area (Å²) in [5.74, 6) is -0.610. The lowest BCUT2D eigenvalue weighted by Crippen LogP contribution is -2.40. The highest BCUT2D eigenvalue weighted by atomic mass is 32.2. The molecule has 1 rings (SSSR count). The van der Waals surface area contributed by atoms with Crippen molar-refractivity contribution in [1.29, 1.82) is 5.26 Å². The fourth-order valence-corrected chi connectivity index (χ4v) is 2.33. The molecule has 0 aromatic heterocycles. The van der Waals surface area contributed by atoms with Gasteiger partial charge in [0.1, 0.15) is 5.82 Å². The molecular weight excluding hydrogens is 257 g/mol. The van der Waals surface area contributed by atoms with Crippen LogP contribution in [0.25, 0.3) is 0 Å². The van der Waals surface area contributed by atoms with E-state index >= 15 is 0 Å². The highest BCUT2D eigenvalue weighted by molar-refractivity contribution is 7.87. The van der Waals surface area contributed by atoms with E-state index in [4.69, 9.17) is 5.26 Å². The zero-order valence-electron chi connectivity index (χ0n) is 10.1. The minimum Gasteiger partial charge on any atom is -0.207 e. The summed E-state index contributed by atoms with van der Waals surface area (Å²) in [5, 5.41) is 8.57. The van der Waals surface area contributed by atoms with Crippen LogP contribution in [0.3, 0.4) is 0 Å². The Hall–Kier alpha value is -1.49. The molecule has 0 aliphatic rings. The van der Waals surface area contributed by atoms with Crippen LogP contribution in [-0.2, 0) is 16.8 Å². The molecule has 0 fully saturated rings. The van der Waals surface area contributed by atoms with Crippen molar-refractivity contribution < 1.29 is 12.8 Å². The van der Waals surface area contributed by atoms with Gasteiger partial charge in [0.25, 0.3) is 10.2 Å². The maximum atomic E-state index is 13.5. The Bertz CT molecular complexity index is 564. The number of hydrogen-bond acceptors (Lipinski definition) is 3. The first-order valence-electron chi connectivity index (χ1n) is 5.29. The van der Waals surface area contributed by atoms with Gasteiger partial charge in [0, 0.05) is 18.2 Å². The van der Waals surface area contributed by atoms with Crippen molar-refractivity contribution in [1.82, 2.24) is 9.44 Å². The van der Waals surface area contributed by atoms with Crippen LogP contribution in [0.2, 0.25) is 0 Å². The van der Waals surface area contributed by atoms with Gasteiger partial charge in [0.15, 0.2) is 0 Å².